The number of benzene rings is 2. The third-order valence-electron chi connectivity index (χ3n) is 3.60. The molecule has 0 unspecified atom stereocenters. The molecule has 0 aliphatic rings. The molecule has 0 spiro atoms. The minimum absolute atomic E-state index is 0.269. The van der Waals surface area contributed by atoms with Gasteiger partial charge in [-0.1, -0.05) is 30.3 Å². The van der Waals surface area contributed by atoms with E-state index in [9.17, 15) is 8.42 Å². The lowest BCUT2D eigenvalue weighted by Gasteiger charge is -2.09. The highest BCUT2D eigenvalue weighted by Crippen LogP contribution is 2.36. The van der Waals surface area contributed by atoms with Gasteiger partial charge < -0.3 is 0 Å². The molecular formula is C16H10BrNO2S2. The van der Waals surface area contributed by atoms with Gasteiger partial charge >= 0.3 is 0 Å². The van der Waals surface area contributed by atoms with E-state index in [2.05, 4.69) is 15.9 Å². The summed E-state index contributed by atoms with van der Waals surface area (Å²) in [6, 6.07) is 16.4. The van der Waals surface area contributed by atoms with E-state index in [-0.39, 0.29) is 4.90 Å². The Labute approximate surface area is 140 Å². The summed E-state index contributed by atoms with van der Waals surface area (Å²) in [5.74, 6) is 0. The second kappa shape index (κ2) is 4.94. The molecule has 2 aromatic carbocycles. The van der Waals surface area contributed by atoms with Crippen LogP contribution < -0.4 is 0 Å². The molecule has 0 saturated heterocycles. The fourth-order valence-corrected chi connectivity index (χ4v) is 6.29. The second-order valence-electron chi connectivity index (χ2n) is 4.86. The molecule has 22 heavy (non-hydrogen) atoms. The monoisotopic (exact) mass is 391 g/mol. The molecule has 0 N–H and O–H groups in total. The van der Waals surface area contributed by atoms with Crippen LogP contribution in [0.5, 0.6) is 0 Å². The maximum Gasteiger partial charge on any atom is 0.270 e. The first kappa shape index (κ1) is 14.0. The summed E-state index contributed by atoms with van der Waals surface area (Å²) in [7, 11) is -3.67. The Balaban J connectivity index is 2.16. The number of rotatable bonds is 2. The highest BCUT2D eigenvalue weighted by atomic mass is 79.9. The van der Waals surface area contributed by atoms with E-state index >= 15 is 0 Å². The van der Waals surface area contributed by atoms with E-state index in [4.69, 9.17) is 0 Å². The van der Waals surface area contributed by atoms with Crippen LogP contribution in [0, 0.1) is 0 Å². The Morgan fingerprint density at radius 1 is 0.909 bits per heavy atom. The molecule has 6 heteroatoms. The number of halogens is 1. The summed E-state index contributed by atoms with van der Waals surface area (Å²) in [6.45, 7) is 0. The number of aromatic nitrogens is 1. The summed E-state index contributed by atoms with van der Waals surface area (Å²) in [6.07, 6.45) is 0. The fourth-order valence-electron chi connectivity index (χ4n) is 2.64. The van der Waals surface area contributed by atoms with Crippen molar-refractivity contribution < 1.29 is 8.42 Å². The number of hydrogen-bond acceptors (Lipinski definition) is 3. The van der Waals surface area contributed by atoms with Gasteiger partial charge in [-0.25, -0.2) is 12.4 Å². The molecular weight excluding hydrogens is 382 g/mol. The van der Waals surface area contributed by atoms with Gasteiger partial charge in [0.1, 0.15) is 9.73 Å². The Morgan fingerprint density at radius 3 is 2.45 bits per heavy atom. The molecule has 0 atom stereocenters. The van der Waals surface area contributed by atoms with Gasteiger partial charge in [-0.3, -0.25) is 0 Å². The maximum absolute atomic E-state index is 13.2. The quantitative estimate of drug-likeness (QED) is 0.489. The summed E-state index contributed by atoms with van der Waals surface area (Å²) in [4.78, 5) is 1.02. The lowest BCUT2D eigenvalue weighted by Crippen LogP contribution is -2.12. The average Bonchev–Trinajstić information content (AvgIpc) is 3.07. The van der Waals surface area contributed by atoms with E-state index in [1.165, 1.54) is 15.3 Å². The van der Waals surface area contributed by atoms with Crippen molar-refractivity contribution in [2.24, 2.45) is 0 Å². The minimum atomic E-state index is -3.67. The third kappa shape index (κ3) is 1.87. The van der Waals surface area contributed by atoms with Crippen molar-refractivity contribution in [2.45, 2.75) is 4.90 Å². The number of nitrogens with zero attached hydrogens (tertiary/aromatic N) is 1. The zero-order chi connectivity index (χ0) is 15.3. The maximum atomic E-state index is 13.2. The number of para-hydroxylation sites is 1. The predicted molar refractivity (Wildman–Crippen MR) is 94.0 cm³/mol. The van der Waals surface area contributed by atoms with Gasteiger partial charge in [-0.2, -0.15) is 0 Å². The molecule has 0 aliphatic carbocycles. The topological polar surface area (TPSA) is 39.1 Å². The minimum Gasteiger partial charge on any atom is -0.224 e. The molecule has 0 saturated carbocycles. The Bertz CT molecular complexity index is 1110. The molecule has 0 aliphatic heterocycles. The summed E-state index contributed by atoms with van der Waals surface area (Å²) in [5, 5.41) is 3.84. The van der Waals surface area contributed by atoms with Crippen molar-refractivity contribution >= 4 is 58.4 Å². The SMILES string of the molecule is O=S(=O)(c1ccccc1Br)n1c2ccccc2c2ccsc21. The largest absolute Gasteiger partial charge is 0.270 e. The van der Waals surface area contributed by atoms with Crippen molar-refractivity contribution in [1.29, 1.82) is 0 Å². The van der Waals surface area contributed by atoms with Gasteiger partial charge in [0, 0.05) is 15.2 Å². The number of thiophene rings is 1. The van der Waals surface area contributed by atoms with Crippen LogP contribution in [0.3, 0.4) is 0 Å². The molecule has 0 fully saturated rings. The van der Waals surface area contributed by atoms with E-state index in [1.807, 2.05) is 35.7 Å². The standard InChI is InChI=1S/C16H10BrNO2S2/c17-13-6-2-4-8-15(13)22(19,20)18-14-7-3-1-5-11(14)12-9-10-21-16(12)18/h1-10H. The summed E-state index contributed by atoms with van der Waals surface area (Å²) >= 11 is 4.78. The van der Waals surface area contributed by atoms with Crippen molar-refractivity contribution in [2.75, 3.05) is 0 Å². The Hall–Kier alpha value is -1.63. The van der Waals surface area contributed by atoms with Gasteiger partial charge in [0.05, 0.1) is 5.52 Å². The molecule has 2 heterocycles. The van der Waals surface area contributed by atoms with Crippen LogP contribution in [-0.4, -0.2) is 12.4 Å². The van der Waals surface area contributed by atoms with E-state index < -0.39 is 10.0 Å². The van der Waals surface area contributed by atoms with Crippen LogP contribution in [0.25, 0.3) is 21.1 Å². The Kier molecular flexibility index (Phi) is 3.14. The Morgan fingerprint density at radius 2 is 1.64 bits per heavy atom. The average molecular weight is 392 g/mol. The van der Waals surface area contributed by atoms with Crippen molar-refractivity contribution in [1.82, 2.24) is 3.97 Å². The lowest BCUT2D eigenvalue weighted by atomic mass is 10.2. The van der Waals surface area contributed by atoms with Gasteiger partial charge in [0.15, 0.2) is 0 Å². The first-order valence-corrected chi connectivity index (χ1v) is 9.69. The molecule has 0 bridgehead atoms. The highest BCUT2D eigenvalue weighted by Gasteiger charge is 2.25. The van der Waals surface area contributed by atoms with Gasteiger partial charge in [-0.15, -0.1) is 11.3 Å². The van der Waals surface area contributed by atoms with Crippen LogP contribution in [0.2, 0.25) is 0 Å². The molecule has 110 valence electrons. The van der Waals surface area contributed by atoms with Gasteiger partial charge in [0.25, 0.3) is 10.0 Å². The summed E-state index contributed by atoms with van der Waals surface area (Å²) < 4.78 is 28.4. The predicted octanol–water partition coefficient (Wildman–Crippen LogP) is 4.86. The van der Waals surface area contributed by atoms with Crippen LogP contribution in [0.4, 0.5) is 0 Å². The van der Waals surface area contributed by atoms with Crippen LogP contribution in [0.1, 0.15) is 0 Å². The van der Waals surface area contributed by atoms with Crippen LogP contribution in [-0.2, 0) is 10.0 Å². The smallest absolute Gasteiger partial charge is 0.224 e. The van der Waals surface area contributed by atoms with Crippen molar-refractivity contribution in [3.63, 3.8) is 0 Å². The second-order valence-corrected chi connectivity index (χ2v) is 8.36. The van der Waals surface area contributed by atoms with Gasteiger partial charge in [0.2, 0.25) is 0 Å². The van der Waals surface area contributed by atoms with Gasteiger partial charge in [-0.05, 0) is 45.6 Å². The lowest BCUT2D eigenvalue weighted by molar-refractivity contribution is 0.590. The van der Waals surface area contributed by atoms with E-state index in [1.54, 1.807) is 24.3 Å². The molecule has 0 radical (unpaired) electrons. The van der Waals surface area contributed by atoms with Crippen LogP contribution >= 0.6 is 27.3 Å². The summed E-state index contributed by atoms with van der Waals surface area (Å²) in [5.41, 5.74) is 0.708. The van der Waals surface area contributed by atoms with E-state index in [0.29, 0.717) is 9.99 Å². The first-order chi connectivity index (χ1) is 10.6. The highest BCUT2D eigenvalue weighted by molar-refractivity contribution is 9.10. The van der Waals surface area contributed by atoms with Crippen molar-refractivity contribution in [3.05, 3.63) is 64.5 Å². The molecule has 2 aromatic heterocycles. The zero-order valence-corrected chi connectivity index (χ0v) is 14.5. The van der Waals surface area contributed by atoms with E-state index in [0.717, 1.165) is 15.6 Å². The molecule has 3 nitrogen and oxygen atoms in total. The molecule has 4 rings (SSSR count). The third-order valence-corrected chi connectivity index (χ3v) is 7.34. The van der Waals surface area contributed by atoms with Crippen LogP contribution in [0.15, 0.2) is 69.3 Å². The molecule has 0 amide bonds. The molecule has 4 aromatic rings. The fraction of sp³-hybridized carbons (Fsp3) is 0. The van der Waals surface area contributed by atoms with Crippen molar-refractivity contribution in [3.8, 4) is 0 Å². The normalized spacial score (nSPS) is 12.2. The number of hydrogen-bond donors (Lipinski definition) is 0. The zero-order valence-electron chi connectivity index (χ0n) is 11.2. The first-order valence-electron chi connectivity index (χ1n) is 6.57. The number of fused-ring (bicyclic) bond motifs is 3.